The largest absolute Gasteiger partial charge is 0.497 e. The highest BCUT2D eigenvalue weighted by Gasteiger charge is 2.39. The smallest absolute Gasteiger partial charge is 0.212 e. The van der Waals surface area contributed by atoms with Gasteiger partial charge in [-0.05, 0) is 37.6 Å². The highest BCUT2D eigenvalue weighted by Crippen LogP contribution is 2.40. The molecule has 33 heavy (non-hydrogen) atoms. The van der Waals surface area contributed by atoms with E-state index in [1.54, 1.807) is 44.8 Å². The summed E-state index contributed by atoms with van der Waals surface area (Å²) in [7, 11) is -0.814. The molecule has 1 aliphatic rings. The number of primary sulfonamides is 1. The van der Waals surface area contributed by atoms with E-state index in [2.05, 4.69) is 20.2 Å². The van der Waals surface area contributed by atoms with Crippen LogP contribution in [0.25, 0.3) is 11.4 Å². The van der Waals surface area contributed by atoms with Gasteiger partial charge in [0, 0.05) is 19.5 Å². The van der Waals surface area contributed by atoms with Gasteiger partial charge in [-0.15, -0.1) is 10.2 Å². The summed E-state index contributed by atoms with van der Waals surface area (Å²) >= 11 is 0. The summed E-state index contributed by atoms with van der Waals surface area (Å²) < 4.78 is 43.6. The highest BCUT2D eigenvalue weighted by molar-refractivity contribution is 7.89. The Labute approximate surface area is 192 Å². The molecule has 2 aromatic heterocycles. The molecule has 3 atom stereocenters. The zero-order chi connectivity index (χ0) is 23.8. The number of fused-ring (bicyclic) bond motifs is 3. The van der Waals surface area contributed by atoms with E-state index in [1.165, 1.54) is 6.92 Å². The Bertz CT molecular complexity index is 1240. The van der Waals surface area contributed by atoms with Gasteiger partial charge in [0.15, 0.2) is 5.82 Å². The van der Waals surface area contributed by atoms with Crippen molar-refractivity contribution in [2.24, 2.45) is 5.14 Å². The van der Waals surface area contributed by atoms with Crippen molar-refractivity contribution >= 4 is 10.0 Å². The molecular weight excluding hydrogens is 448 g/mol. The first-order valence-electron chi connectivity index (χ1n) is 10.3. The summed E-state index contributed by atoms with van der Waals surface area (Å²) in [4.78, 5) is 8.78. The number of sulfonamides is 1. The Balaban J connectivity index is 1.96. The van der Waals surface area contributed by atoms with Crippen LogP contribution in [0.2, 0.25) is 0 Å². The van der Waals surface area contributed by atoms with Crippen molar-refractivity contribution in [1.82, 2.24) is 24.7 Å². The van der Waals surface area contributed by atoms with E-state index in [4.69, 9.17) is 19.3 Å². The van der Waals surface area contributed by atoms with E-state index >= 15 is 0 Å². The highest BCUT2D eigenvalue weighted by atomic mass is 32.2. The van der Waals surface area contributed by atoms with Gasteiger partial charge in [-0.25, -0.2) is 23.5 Å². The van der Waals surface area contributed by atoms with Crippen LogP contribution >= 0.6 is 0 Å². The SMILES string of the molecule is COC[C@@H]1COc2ccc(OC)cc2-c2nnc(C(c3ncc(C)cn3)C(C)S(N)(=O)=O)n21. The topological polar surface area (TPSA) is 144 Å². The van der Waals surface area contributed by atoms with Gasteiger partial charge in [0.1, 0.15) is 29.8 Å². The standard InChI is InChI=1S/C21H26N6O5S/c1-12-8-23-19(24-9-12)18(13(2)33(22,28)29)21-26-25-20-16-7-15(31-4)5-6-17(16)32-11-14(10-30-3)27(20)21/h5-9,13-14,18H,10-11H2,1-4H3,(H2,22,28,29)/t13?,14-,18?/m1/s1. The molecule has 2 N–H and O–H groups in total. The quantitative estimate of drug-likeness (QED) is 0.538. The van der Waals surface area contributed by atoms with Gasteiger partial charge in [0.2, 0.25) is 10.0 Å². The monoisotopic (exact) mass is 474 g/mol. The van der Waals surface area contributed by atoms with Crippen LogP contribution in [-0.2, 0) is 14.8 Å². The van der Waals surface area contributed by atoms with Crippen molar-refractivity contribution in [3.63, 3.8) is 0 Å². The van der Waals surface area contributed by atoms with Crippen LogP contribution < -0.4 is 14.6 Å². The van der Waals surface area contributed by atoms with E-state index in [-0.39, 0.29) is 25.1 Å². The Kier molecular flexibility index (Phi) is 6.32. The number of hydrogen-bond acceptors (Lipinski definition) is 9. The second kappa shape index (κ2) is 9.04. The number of nitrogens with two attached hydrogens (primary N) is 1. The lowest BCUT2D eigenvalue weighted by atomic mass is 10.0. The lowest BCUT2D eigenvalue weighted by Crippen LogP contribution is -2.35. The van der Waals surface area contributed by atoms with Gasteiger partial charge >= 0.3 is 0 Å². The molecule has 0 fully saturated rings. The predicted molar refractivity (Wildman–Crippen MR) is 120 cm³/mol. The lowest BCUT2D eigenvalue weighted by molar-refractivity contribution is 0.123. The molecule has 3 aromatic rings. The molecule has 11 nitrogen and oxygen atoms in total. The van der Waals surface area contributed by atoms with E-state index < -0.39 is 21.2 Å². The molecule has 4 rings (SSSR count). The van der Waals surface area contributed by atoms with Crippen molar-refractivity contribution in [3.8, 4) is 22.9 Å². The summed E-state index contributed by atoms with van der Waals surface area (Å²) in [5.41, 5.74) is 1.51. The average Bonchev–Trinajstić information content (AvgIpc) is 3.15. The minimum absolute atomic E-state index is 0.260. The maximum Gasteiger partial charge on any atom is 0.212 e. The maximum absolute atomic E-state index is 12.4. The first-order chi connectivity index (χ1) is 15.7. The maximum atomic E-state index is 12.4. The molecule has 12 heteroatoms. The third-order valence-electron chi connectivity index (χ3n) is 5.65. The summed E-state index contributed by atoms with van der Waals surface area (Å²) in [6.45, 7) is 3.91. The van der Waals surface area contributed by atoms with E-state index in [0.29, 0.717) is 28.7 Å². The van der Waals surface area contributed by atoms with Crippen molar-refractivity contribution in [2.75, 3.05) is 27.4 Å². The number of aryl methyl sites for hydroxylation is 1. The first kappa shape index (κ1) is 23.1. The van der Waals surface area contributed by atoms with Crippen LogP contribution in [0.5, 0.6) is 11.5 Å². The molecule has 0 aliphatic carbocycles. The lowest BCUT2D eigenvalue weighted by Gasteiger charge is -2.25. The van der Waals surface area contributed by atoms with Crippen LogP contribution in [0.3, 0.4) is 0 Å². The minimum atomic E-state index is -3.97. The summed E-state index contributed by atoms with van der Waals surface area (Å²) in [6.07, 6.45) is 3.25. The Morgan fingerprint density at radius 3 is 2.61 bits per heavy atom. The fourth-order valence-corrected chi connectivity index (χ4v) is 4.48. The van der Waals surface area contributed by atoms with Crippen molar-refractivity contribution in [2.45, 2.75) is 31.1 Å². The fourth-order valence-electron chi connectivity index (χ4n) is 3.86. The summed E-state index contributed by atoms with van der Waals surface area (Å²) in [5, 5.41) is 13.3. The Hall–Kier alpha value is -3.09. The van der Waals surface area contributed by atoms with Crippen LogP contribution in [0.4, 0.5) is 0 Å². The van der Waals surface area contributed by atoms with Crippen LogP contribution in [0.1, 0.15) is 36.1 Å². The molecule has 1 aliphatic heterocycles. The molecule has 0 spiro atoms. The molecule has 1 aromatic carbocycles. The minimum Gasteiger partial charge on any atom is -0.497 e. The number of ether oxygens (including phenoxy) is 3. The molecule has 0 radical (unpaired) electrons. The normalized spacial score (nSPS) is 17.3. The van der Waals surface area contributed by atoms with Crippen molar-refractivity contribution < 1.29 is 22.6 Å². The van der Waals surface area contributed by atoms with E-state index in [1.807, 2.05) is 11.5 Å². The summed E-state index contributed by atoms with van der Waals surface area (Å²) in [5.74, 6) is 1.50. The zero-order valence-corrected chi connectivity index (χ0v) is 19.6. The van der Waals surface area contributed by atoms with Crippen molar-refractivity contribution in [1.29, 1.82) is 0 Å². The van der Waals surface area contributed by atoms with E-state index in [9.17, 15) is 8.42 Å². The van der Waals surface area contributed by atoms with Crippen LogP contribution in [0.15, 0.2) is 30.6 Å². The van der Waals surface area contributed by atoms with Crippen LogP contribution in [-0.4, -0.2) is 65.8 Å². The molecule has 3 heterocycles. The number of hydrogen-bond donors (Lipinski definition) is 1. The number of rotatable bonds is 7. The van der Waals surface area contributed by atoms with Gasteiger partial charge in [0.05, 0.1) is 36.5 Å². The van der Waals surface area contributed by atoms with Gasteiger partial charge in [-0.2, -0.15) is 0 Å². The molecule has 2 unspecified atom stereocenters. The Morgan fingerprint density at radius 2 is 1.97 bits per heavy atom. The van der Waals surface area contributed by atoms with Crippen molar-refractivity contribution in [3.05, 3.63) is 47.8 Å². The average molecular weight is 475 g/mol. The number of methoxy groups -OCH3 is 2. The third kappa shape index (κ3) is 4.41. The van der Waals surface area contributed by atoms with Gasteiger partial charge < -0.3 is 18.8 Å². The molecule has 0 bridgehead atoms. The molecule has 0 saturated heterocycles. The molecule has 0 saturated carbocycles. The molecule has 176 valence electrons. The molecule has 0 amide bonds. The van der Waals surface area contributed by atoms with Gasteiger partial charge in [-0.3, -0.25) is 0 Å². The van der Waals surface area contributed by atoms with E-state index in [0.717, 1.165) is 5.56 Å². The third-order valence-corrected chi connectivity index (χ3v) is 6.96. The summed E-state index contributed by atoms with van der Waals surface area (Å²) in [6, 6.07) is 5.06. The van der Waals surface area contributed by atoms with Gasteiger partial charge in [-0.1, -0.05) is 0 Å². The Morgan fingerprint density at radius 1 is 1.24 bits per heavy atom. The number of nitrogens with zero attached hydrogens (tertiary/aromatic N) is 5. The fraction of sp³-hybridized carbons (Fsp3) is 0.429. The zero-order valence-electron chi connectivity index (χ0n) is 18.8. The second-order valence-corrected chi connectivity index (χ2v) is 9.85. The van der Waals surface area contributed by atoms with Crippen LogP contribution in [0, 0.1) is 6.92 Å². The number of aromatic nitrogens is 5. The van der Waals surface area contributed by atoms with Gasteiger partial charge in [0.25, 0.3) is 0 Å². The second-order valence-electron chi connectivity index (χ2n) is 7.92. The predicted octanol–water partition coefficient (Wildman–Crippen LogP) is 1.44. The number of benzene rings is 1. The molecular formula is C21H26N6O5S. The first-order valence-corrected chi connectivity index (χ1v) is 11.9.